The zero-order chi connectivity index (χ0) is 22.3. The van der Waals surface area contributed by atoms with E-state index in [9.17, 15) is 14.4 Å². The first-order valence-electron chi connectivity index (χ1n) is 11.2. The minimum absolute atomic E-state index is 0.303. The van der Waals surface area contributed by atoms with Gasteiger partial charge in [0.2, 0.25) is 0 Å². The highest BCUT2D eigenvalue weighted by Crippen LogP contribution is 2.13. The highest BCUT2D eigenvalue weighted by Gasteiger charge is 2.07. The number of carboxylic acid groups (broad SMARTS) is 3. The van der Waals surface area contributed by atoms with Crippen molar-refractivity contribution in [3.63, 3.8) is 0 Å². The van der Waals surface area contributed by atoms with Gasteiger partial charge in [0.05, 0.1) is 6.42 Å². The summed E-state index contributed by atoms with van der Waals surface area (Å²) in [5.74, 6) is -3.10. The number of carboxylic acids is 3. The monoisotopic (exact) mass is 414 g/mol. The molecule has 29 heavy (non-hydrogen) atoms. The summed E-state index contributed by atoms with van der Waals surface area (Å²) < 4.78 is 0. The van der Waals surface area contributed by atoms with Crippen LogP contribution in [-0.2, 0) is 14.4 Å². The molecule has 0 aliphatic rings. The molecule has 0 aromatic heterocycles. The van der Waals surface area contributed by atoms with Crippen LogP contribution in [-0.4, -0.2) is 33.2 Å². The molecule has 0 aromatic rings. The van der Waals surface area contributed by atoms with Crippen LogP contribution in [0.2, 0.25) is 0 Å². The van der Waals surface area contributed by atoms with Crippen LogP contribution in [0.15, 0.2) is 12.2 Å². The summed E-state index contributed by atoms with van der Waals surface area (Å²) in [6.45, 7) is 5.28. The lowest BCUT2D eigenvalue weighted by atomic mass is 10.0. The van der Waals surface area contributed by atoms with Crippen molar-refractivity contribution in [3.8, 4) is 0 Å². The second-order valence-electron chi connectivity index (χ2n) is 7.57. The Hall–Kier alpha value is -1.85. The van der Waals surface area contributed by atoms with Crippen LogP contribution in [0.4, 0.5) is 0 Å². The lowest BCUT2D eigenvalue weighted by Gasteiger charge is -2.03. The summed E-state index contributed by atoms with van der Waals surface area (Å²) in [5.41, 5.74) is -0.303. The topological polar surface area (TPSA) is 112 Å². The van der Waals surface area contributed by atoms with Gasteiger partial charge in [-0.25, -0.2) is 4.79 Å². The van der Waals surface area contributed by atoms with Crippen LogP contribution in [0.25, 0.3) is 0 Å². The van der Waals surface area contributed by atoms with Crippen LogP contribution in [0.5, 0.6) is 0 Å². The van der Waals surface area contributed by atoms with Crippen LogP contribution in [0.1, 0.15) is 116 Å². The molecule has 170 valence electrons. The molecule has 0 aliphatic heterocycles. The smallest absolute Gasteiger partial charge is 0.331 e. The molecule has 0 aromatic carbocycles. The quantitative estimate of drug-likeness (QED) is 0.166. The summed E-state index contributed by atoms with van der Waals surface area (Å²) in [5, 5.41) is 24.6. The maximum atomic E-state index is 10.3. The molecule has 0 radical (unpaired) electrons. The van der Waals surface area contributed by atoms with Crippen molar-refractivity contribution in [2.24, 2.45) is 0 Å². The second kappa shape index (κ2) is 22.4. The Labute approximate surface area is 176 Å². The summed E-state index contributed by atoms with van der Waals surface area (Å²) in [4.78, 5) is 30.0. The first-order valence-corrected chi connectivity index (χ1v) is 11.2. The maximum Gasteiger partial charge on any atom is 0.331 e. The fourth-order valence-electron chi connectivity index (χ4n) is 2.91. The van der Waals surface area contributed by atoms with E-state index < -0.39 is 24.3 Å². The normalized spacial score (nSPS) is 10.1. The third kappa shape index (κ3) is 28.5. The van der Waals surface area contributed by atoms with Gasteiger partial charge in [-0.2, -0.15) is 0 Å². The van der Waals surface area contributed by atoms with Gasteiger partial charge < -0.3 is 15.3 Å². The van der Waals surface area contributed by atoms with Gasteiger partial charge in [0.25, 0.3) is 0 Å². The van der Waals surface area contributed by atoms with E-state index in [2.05, 4.69) is 13.5 Å². The maximum absolute atomic E-state index is 10.3. The average molecular weight is 415 g/mol. The van der Waals surface area contributed by atoms with Crippen molar-refractivity contribution < 1.29 is 29.7 Å². The minimum atomic E-state index is -1.27. The zero-order valence-corrected chi connectivity index (χ0v) is 18.3. The van der Waals surface area contributed by atoms with E-state index in [-0.39, 0.29) is 5.57 Å². The van der Waals surface area contributed by atoms with Crippen molar-refractivity contribution in [3.05, 3.63) is 12.2 Å². The molecule has 6 nitrogen and oxygen atoms in total. The molecule has 0 unspecified atom stereocenters. The van der Waals surface area contributed by atoms with E-state index in [1.807, 2.05) is 0 Å². The van der Waals surface area contributed by atoms with E-state index in [1.54, 1.807) is 0 Å². The first kappa shape index (κ1) is 29.4. The Balaban J connectivity index is 0. The van der Waals surface area contributed by atoms with E-state index in [4.69, 9.17) is 15.3 Å². The average Bonchev–Trinajstić information content (AvgIpc) is 2.64. The van der Waals surface area contributed by atoms with E-state index in [1.165, 1.54) is 83.5 Å². The molecular formula is C23H42O6. The van der Waals surface area contributed by atoms with Crippen LogP contribution in [0.3, 0.4) is 0 Å². The van der Waals surface area contributed by atoms with Gasteiger partial charge in [-0.1, -0.05) is 103 Å². The van der Waals surface area contributed by atoms with Gasteiger partial charge in [-0.05, 0) is 6.42 Å². The highest BCUT2D eigenvalue weighted by atomic mass is 16.4. The standard InChI is InChI=1S/C18H36O2.C5H6O4/c1-2-3-4-5-6-7-8-9-10-11-12-13-14-15-16-17-18(19)20;1-3(5(8)9)2-4(6)7/h2-17H2,1H3,(H,19,20);1-2H2,(H,6,7)(H,8,9). The van der Waals surface area contributed by atoms with Crippen molar-refractivity contribution >= 4 is 17.9 Å². The zero-order valence-electron chi connectivity index (χ0n) is 18.3. The summed E-state index contributed by atoms with van der Waals surface area (Å²) in [6, 6.07) is 0. The van der Waals surface area contributed by atoms with E-state index >= 15 is 0 Å². The Bertz CT molecular complexity index is 445. The number of unbranched alkanes of at least 4 members (excludes halogenated alkanes) is 14. The number of aliphatic carboxylic acids is 3. The van der Waals surface area contributed by atoms with Crippen molar-refractivity contribution in [1.29, 1.82) is 0 Å². The predicted octanol–water partition coefficient (Wildman–Crippen LogP) is 6.43. The molecule has 6 heteroatoms. The molecule has 0 aliphatic carbocycles. The molecule has 0 saturated carbocycles. The summed E-state index contributed by atoms with van der Waals surface area (Å²) >= 11 is 0. The molecular weight excluding hydrogens is 372 g/mol. The van der Waals surface area contributed by atoms with Crippen LogP contribution < -0.4 is 0 Å². The molecule has 0 fully saturated rings. The summed E-state index contributed by atoms with van der Waals surface area (Å²) in [6.07, 6.45) is 19.7. The molecule has 0 atom stereocenters. The van der Waals surface area contributed by atoms with Gasteiger partial charge in [-0.3, -0.25) is 9.59 Å². The third-order valence-corrected chi connectivity index (χ3v) is 4.66. The Morgan fingerprint density at radius 3 is 1.17 bits per heavy atom. The fourth-order valence-corrected chi connectivity index (χ4v) is 2.91. The van der Waals surface area contributed by atoms with Gasteiger partial charge in [0, 0.05) is 12.0 Å². The molecule has 0 amide bonds. The molecule has 0 bridgehead atoms. The lowest BCUT2D eigenvalue weighted by molar-refractivity contribution is -0.139. The first-order chi connectivity index (χ1) is 13.8. The Morgan fingerprint density at radius 1 is 0.586 bits per heavy atom. The Morgan fingerprint density at radius 2 is 0.931 bits per heavy atom. The van der Waals surface area contributed by atoms with Crippen LogP contribution in [0, 0.1) is 0 Å². The molecule has 0 spiro atoms. The largest absolute Gasteiger partial charge is 0.481 e. The summed E-state index contributed by atoms with van der Waals surface area (Å²) in [7, 11) is 0. The molecule has 0 saturated heterocycles. The number of rotatable bonds is 19. The second-order valence-corrected chi connectivity index (χ2v) is 7.57. The Kier molecular flexibility index (Phi) is 22.7. The lowest BCUT2D eigenvalue weighted by Crippen LogP contribution is -2.04. The van der Waals surface area contributed by atoms with Crippen molar-refractivity contribution in [2.75, 3.05) is 0 Å². The molecule has 0 rings (SSSR count). The number of hydrogen-bond donors (Lipinski definition) is 3. The SMILES string of the molecule is C=C(CC(=O)O)C(=O)O.CCCCCCCCCCCCCCCCCC(=O)O. The van der Waals surface area contributed by atoms with Gasteiger partial charge >= 0.3 is 17.9 Å². The van der Waals surface area contributed by atoms with E-state index in [0.29, 0.717) is 6.42 Å². The van der Waals surface area contributed by atoms with Crippen molar-refractivity contribution in [2.45, 2.75) is 116 Å². The highest BCUT2D eigenvalue weighted by molar-refractivity contribution is 5.91. The number of carbonyl (C=O) groups is 3. The minimum Gasteiger partial charge on any atom is -0.481 e. The van der Waals surface area contributed by atoms with Gasteiger partial charge in [-0.15, -0.1) is 0 Å². The van der Waals surface area contributed by atoms with Crippen molar-refractivity contribution in [1.82, 2.24) is 0 Å². The van der Waals surface area contributed by atoms with Gasteiger partial charge in [0.1, 0.15) is 0 Å². The van der Waals surface area contributed by atoms with Crippen LogP contribution >= 0.6 is 0 Å². The fraction of sp³-hybridized carbons (Fsp3) is 0.783. The van der Waals surface area contributed by atoms with Gasteiger partial charge in [0.15, 0.2) is 0 Å². The predicted molar refractivity (Wildman–Crippen MR) is 116 cm³/mol. The molecule has 0 heterocycles. The number of hydrogen-bond acceptors (Lipinski definition) is 3. The van der Waals surface area contributed by atoms with E-state index in [0.717, 1.165) is 12.8 Å². The molecule has 3 N–H and O–H groups in total. The third-order valence-electron chi connectivity index (χ3n) is 4.66.